The zero-order valence-electron chi connectivity index (χ0n) is 17.5. The number of aliphatic hydroxyl groups excluding tert-OH is 2. The molecule has 0 saturated carbocycles. The molecule has 2 heterocycles. The molecule has 0 spiro atoms. The summed E-state index contributed by atoms with van der Waals surface area (Å²) in [6.07, 6.45) is -5.47. The highest BCUT2D eigenvalue weighted by Gasteiger charge is 2.47. The van der Waals surface area contributed by atoms with Crippen molar-refractivity contribution in [2.24, 2.45) is 0 Å². The second-order valence-electron chi connectivity index (χ2n) is 6.94. The van der Waals surface area contributed by atoms with Crippen LogP contribution in [0.5, 0.6) is 0 Å². The van der Waals surface area contributed by atoms with Crippen molar-refractivity contribution < 1.29 is 52.6 Å². The van der Waals surface area contributed by atoms with Crippen molar-refractivity contribution in [1.29, 1.82) is 0 Å². The third-order valence-electron chi connectivity index (χ3n) is 4.75. The highest BCUT2D eigenvalue weighted by Crippen LogP contribution is 2.48. The monoisotopic (exact) mass is 482 g/mol. The Morgan fingerprint density at radius 1 is 0.903 bits per heavy atom. The molecule has 2 fully saturated rings. The fourth-order valence-corrected chi connectivity index (χ4v) is 4.64. The van der Waals surface area contributed by atoms with Crippen molar-refractivity contribution in [2.75, 3.05) is 53.9 Å². The minimum atomic E-state index is -3.86. The van der Waals surface area contributed by atoms with Gasteiger partial charge in [0, 0.05) is 26.2 Å². The van der Waals surface area contributed by atoms with Crippen molar-refractivity contribution in [3.05, 3.63) is 0 Å². The minimum Gasteiger partial charge on any atom is -0.394 e. The third kappa shape index (κ3) is 7.96. The molecule has 0 bridgehead atoms. The Bertz CT molecular complexity index is 580. The summed E-state index contributed by atoms with van der Waals surface area (Å²) in [6, 6.07) is -1.80. The van der Waals surface area contributed by atoms with E-state index in [1.807, 2.05) is 0 Å². The average Bonchev–Trinajstić information content (AvgIpc) is 3.16. The van der Waals surface area contributed by atoms with Crippen LogP contribution in [-0.2, 0) is 49.3 Å². The predicted octanol–water partition coefficient (Wildman–Crippen LogP) is -2.19. The fourth-order valence-electron chi connectivity index (χ4n) is 3.20. The van der Waals surface area contributed by atoms with Gasteiger partial charge in [-0.25, -0.2) is 0 Å². The molecule has 11 nitrogen and oxygen atoms in total. The van der Waals surface area contributed by atoms with E-state index in [4.69, 9.17) is 65.0 Å². The molecule has 2 aliphatic rings. The SMILES string of the molecule is [B][C@@H]1O[C@H](COP(O)(=S)OC2C(OCCOC)[C@H]([B])O[C@@H]2CO)C(O)C1OCCOC. The van der Waals surface area contributed by atoms with Crippen molar-refractivity contribution >= 4 is 34.2 Å². The van der Waals surface area contributed by atoms with E-state index in [9.17, 15) is 15.1 Å². The lowest BCUT2D eigenvalue weighted by atomic mass is 9.93. The Balaban J connectivity index is 1.91. The van der Waals surface area contributed by atoms with Gasteiger partial charge in [-0.3, -0.25) is 4.52 Å². The summed E-state index contributed by atoms with van der Waals surface area (Å²) in [7, 11) is 14.8. The van der Waals surface area contributed by atoms with Gasteiger partial charge in [0.1, 0.15) is 52.3 Å². The van der Waals surface area contributed by atoms with Gasteiger partial charge in [-0.2, -0.15) is 0 Å². The molecule has 0 aromatic heterocycles. The van der Waals surface area contributed by atoms with Gasteiger partial charge < -0.3 is 48.1 Å². The number of hydrogen-bond donors (Lipinski definition) is 3. The Labute approximate surface area is 189 Å². The molecule has 0 aliphatic carbocycles. The van der Waals surface area contributed by atoms with E-state index in [1.54, 1.807) is 0 Å². The molecule has 15 heteroatoms. The van der Waals surface area contributed by atoms with Crippen LogP contribution < -0.4 is 0 Å². The lowest BCUT2D eigenvalue weighted by Gasteiger charge is -2.28. The Morgan fingerprint density at radius 3 is 2.03 bits per heavy atom. The summed E-state index contributed by atoms with van der Waals surface area (Å²) in [4.78, 5) is 10.5. The number of aliphatic hydroxyl groups is 2. The topological polar surface area (TPSA) is 135 Å². The first kappa shape index (κ1) is 27.6. The van der Waals surface area contributed by atoms with Crippen molar-refractivity contribution in [3.63, 3.8) is 0 Å². The lowest BCUT2D eigenvalue weighted by molar-refractivity contribution is -0.0474. The summed E-state index contributed by atoms with van der Waals surface area (Å²) in [6.45, 7) is -3.55. The van der Waals surface area contributed by atoms with Crippen LogP contribution in [0.4, 0.5) is 0 Å². The van der Waals surface area contributed by atoms with Crippen LogP contribution in [0.3, 0.4) is 0 Å². The molecular weight excluding hydrogens is 453 g/mol. The minimum absolute atomic E-state index is 0.190. The van der Waals surface area contributed by atoms with Crippen LogP contribution in [-0.4, -0.2) is 133 Å². The van der Waals surface area contributed by atoms with E-state index in [2.05, 4.69) is 0 Å². The highest BCUT2D eigenvalue weighted by atomic mass is 32.5. The van der Waals surface area contributed by atoms with Crippen molar-refractivity contribution in [3.8, 4) is 0 Å². The van der Waals surface area contributed by atoms with E-state index in [0.29, 0.717) is 13.2 Å². The summed E-state index contributed by atoms with van der Waals surface area (Å²) in [5.74, 6) is 0. The van der Waals surface area contributed by atoms with Crippen LogP contribution in [0.15, 0.2) is 0 Å². The number of methoxy groups -OCH3 is 2. The Hall–Kier alpha value is 0.340. The molecule has 0 aromatic rings. The molecule has 4 radical (unpaired) electrons. The van der Waals surface area contributed by atoms with Crippen LogP contribution in [0.1, 0.15) is 0 Å². The van der Waals surface area contributed by atoms with Crippen LogP contribution >= 0.6 is 6.72 Å². The predicted molar refractivity (Wildman–Crippen MR) is 112 cm³/mol. The molecular formula is C16H29B2O11PS. The van der Waals surface area contributed by atoms with Gasteiger partial charge in [-0.05, 0) is 11.8 Å². The van der Waals surface area contributed by atoms with E-state index in [0.717, 1.165) is 0 Å². The summed E-state index contributed by atoms with van der Waals surface area (Å²) < 4.78 is 42.7. The van der Waals surface area contributed by atoms with Gasteiger partial charge in [0.2, 0.25) is 0 Å². The maximum Gasteiger partial charge on any atom is 0.325 e. The first-order chi connectivity index (χ1) is 14.7. The Kier molecular flexibility index (Phi) is 11.8. The second-order valence-corrected chi connectivity index (χ2v) is 9.73. The number of rotatable bonds is 14. The summed E-state index contributed by atoms with van der Waals surface area (Å²) >= 11 is 5.07. The van der Waals surface area contributed by atoms with Crippen LogP contribution in [0.25, 0.3) is 0 Å². The van der Waals surface area contributed by atoms with Gasteiger partial charge in [0.25, 0.3) is 0 Å². The average molecular weight is 482 g/mol. The molecule has 2 aliphatic heterocycles. The molecule has 2 rings (SSSR count). The molecule has 176 valence electrons. The van der Waals surface area contributed by atoms with Gasteiger partial charge in [-0.1, -0.05) is 0 Å². The van der Waals surface area contributed by atoms with Crippen molar-refractivity contribution in [1.82, 2.24) is 0 Å². The molecule has 9 atom stereocenters. The van der Waals surface area contributed by atoms with Gasteiger partial charge in [-0.15, -0.1) is 0 Å². The second kappa shape index (κ2) is 13.3. The standard InChI is InChI=1S/C16H29B2O11PS/c1-22-3-5-24-13-11(20)10(28-15(13)17)8-26-30(21,31)29-12-9(7-19)27-16(18)14(12)25-6-4-23-2/h9-16,19-20H,3-8H2,1-2H3,(H,21,31)/t9-,10-,11?,12?,13?,14?,15-,16-,30?/m1/s1. The summed E-state index contributed by atoms with van der Waals surface area (Å²) in [5, 5.41) is 19.9. The van der Waals surface area contributed by atoms with Crippen LogP contribution in [0, 0.1) is 0 Å². The van der Waals surface area contributed by atoms with Gasteiger partial charge in [0.05, 0.1) is 39.6 Å². The number of hydrogen-bond acceptors (Lipinski definition) is 11. The van der Waals surface area contributed by atoms with E-state index < -0.39 is 62.0 Å². The molecule has 31 heavy (non-hydrogen) atoms. The lowest BCUT2D eigenvalue weighted by Crippen LogP contribution is -2.39. The normalized spacial score (nSPS) is 37.8. The maximum atomic E-state index is 10.5. The molecule has 0 amide bonds. The van der Waals surface area contributed by atoms with Gasteiger partial charge >= 0.3 is 6.72 Å². The Morgan fingerprint density at radius 2 is 1.45 bits per heavy atom. The van der Waals surface area contributed by atoms with Crippen LogP contribution in [0.2, 0.25) is 0 Å². The maximum absolute atomic E-state index is 10.5. The molecule has 0 aromatic carbocycles. The van der Waals surface area contributed by atoms with E-state index in [1.165, 1.54) is 14.2 Å². The molecule has 2 saturated heterocycles. The fraction of sp³-hybridized carbons (Fsp3) is 1.00. The zero-order valence-corrected chi connectivity index (χ0v) is 19.2. The van der Waals surface area contributed by atoms with E-state index >= 15 is 0 Å². The first-order valence-electron chi connectivity index (χ1n) is 9.72. The first-order valence-corrected chi connectivity index (χ1v) is 12.3. The smallest absolute Gasteiger partial charge is 0.325 e. The molecule has 3 N–H and O–H groups in total. The summed E-state index contributed by atoms with van der Waals surface area (Å²) in [5.41, 5.74) is 0. The third-order valence-corrected chi connectivity index (χ3v) is 6.31. The zero-order chi connectivity index (χ0) is 23.0. The molecule has 5 unspecified atom stereocenters. The number of ether oxygens (including phenoxy) is 6. The van der Waals surface area contributed by atoms with Gasteiger partial charge in [0.15, 0.2) is 0 Å². The van der Waals surface area contributed by atoms with Crippen molar-refractivity contribution in [2.45, 2.75) is 48.6 Å². The van der Waals surface area contributed by atoms with E-state index in [-0.39, 0.29) is 19.8 Å². The largest absolute Gasteiger partial charge is 0.394 e. The quantitative estimate of drug-likeness (QED) is 0.141. The highest BCUT2D eigenvalue weighted by molar-refractivity contribution is 8.07.